The molecule has 0 spiro atoms. The van der Waals surface area contributed by atoms with E-state index in [0.717, 1.165) is 57.9 Å². The van der Waals surface area contributed by atoms with Crippen LogP contribution in [0.15, 0.2) is 36.5 Å². The lowest BCUT2D eigenvalue weighted by Gasteiger charge is -2.38. The summed E-state index contributed by atoms with van der Waals surface area (Å²) in [5, 5.41) is 2.99. The summed E-state index contributed by atoms with van der Waals surface area (Å²) in [6.45, 7) is 7.46. The van der Waals surface area contributed by atoms with Crippen molar-refractivity contribution in [2.24, 2.45) is 5.92 Å². The number of piperazine rings is 1. The third-order valence-corrected chi connectivity index (χ3v) is 6.30. The van der Waals surface area contributed by atoms with E-state index >= 15 is 0 Å². The van der Waals surface area contributed by atoms with Gasteiger partial charge in [0.2, 0.25) is 11.9 Å². The van der Waals surface area contributed by atoms with Gasteiger partial charge in [-0.1, -0.05) is 17.7 Å². The van der Waals surface area contributed by atoms with Crippen LogP contribution >= 0.6 is 0 Å². The van der Waals surface area contributed by atoms with Gasteiger partial charge in [0, 0.05) is 64.6 Å². The fourth-order valence-electron chi connectivity index (χ4n) is 4.36. The third-order valence-electron chi connectivity index (χ3n) is 6.30. The molecule has 2 aliphatic heterocycles. The van der Waals surface area contributed by atoms with Crippen LogP contribution in [0.5, 0.6) is 0 Å². The van der Waals surface area contributed by atoms with Gasteiger partial charge in [-0.15, -0.1) is 0 Å². The zero-order chi connectivity index (χ0) is 20.9. The molecule has 2 fully saturated rings. The number of nitrogens with zero attached hydrogens (tertiary/aromatic N) is 5. The van der Waals surface area contributed by atoms with Crippen molar-refractivity contribution < 1.29 is 4.79 Å². The van der Waals surface area contributed by atoms with Crippen LogP contribution < -0.4 is 15.1 Å². The number of carbonyl (C=O) groups is 1. The van der Waals surface area contributed by atoms with Crippen LogP contribution in [0, 0.1) is 12.8 Å². The number of anilines is 3. The number of aryl methyl sites for hydroxylation is 1. The van der Waals surface area contributed by atoms with Gasteiger partial charge in [-0.25, -0.2) is 4.98 Å². The smallest absolute Gasteiger partial charge is 0.224 e. The number of hydrogen-bond acceptors (Lipinski definition) is 6. The molecule has 3 heterocycles. The zero-order valence-corrected chi connectivity index (χ0v) is 18.0. The summed E-state index contributed by atoms with van der Waals surface area (Å²) in [6.07, 6.45) is 4.53. The number of carbonyl (C=O) groups excluding carboxylic acids is 1. The molecule has 0 radical (unpaired) electrons. The maximum Gasteiger partial charge on any atom is 0.224 e. The van der Waals surface area contributed by atoms with Crippen LogP contribution in [0.4, 0.5) is 17.5 Å². The largest absolute Gasteiger partial charge is 0.368 e. The highest BCUT2D eigenvalue weighted by molar-refractivity contribution is 5.77. The molecular formula is C23H32N6O. The molecular weight excluding hydrogens is 376 g/mol. The monoisotopic (exact) mass is 408 g/mol. The van der Waals surface area contributed by atoms with Crippen molar-refractivity contribution in [3.05, 3.63) is 42.1 Å². The topological polar surface area (TPSA) is 64.6 Å². The molecule has 7 nitrogen and oxygen atoms in total. The van der Waals surface area contributed by atoms with Gasteiger partial charge < -0.3 is 20.0 Å². The van der Waals surface area contributed by atoms with E-state index in [1.54, 1.807) is 6.20 Å². The molecule has 4 rings (SSSR count). The summed E-state index contributed by atoms with van der Waals surface area (Å²) in [4.78, 5) is 28.3. The second-order valence-electron chi connectivity index (χ2n) is 8.33. The Hall–Kier alpha value is -2.83. The standard InChI is InChI=1S/C23H32N6O/c1-18-3-5-20(6-4-18)27-13-15-29(16-14-27)22(30)17-19-8-11-28(12-9-19)21-7-10-25-23(24-2)26-21/h3-7,10,19H,8-9,11-17H2,1-2H3,(H,24,25,26). The fraction of sp³-hybridized carbons (Fsp3) is 0.522. The van der Waals surface area contributed by atoms with E-state index in [0.29, 0.717) is 24.2 Å². The quantitative estimate of drug-likeness (QED) is 0.821. The normalized spacial score (nSPS) is 17.9. The minimum absolute atomic E-state index is 0.316. The second kappa shape index (κ2) is 9.32. The van der Waals surface area contributed by atoms with Gasteiger partial charge in [0.25, 0.3) is 0 Å². The summed E-state index contributed by atoms with van der Waals surface area (Å²) in [5.41, 5.74) is 2.53. The molecule has 30 heavy (non-hydrogen) atoms. The van der Waals surface area contributed by atoms with Crippen LogP contribution in [-0.2, 0) is 4.79 Å². The van der Waals surface area contributed by atoms with E-state index < -0.39 is 0 Å². The van der Waals surface area contributed by atoms with Gasteiger partial charge in [-0.2, -0.15) is 4.98 Å². The van der Waals surface area contributed by atoms with E-state index in [-0.39, 0.29) is 0 Å². The lowest BCUT2D eigenvalue weighted by Crippen LogP contribution is -2.49. The molecule has 160 valence electrons. The van der Waals surface area contributed by atoms with Crippen molar-refractivity contribution in [3.63, 3.8) is 0 Å². The zero-order valence-electron chi connectivity index (χ0n) is 18.0. The highest BCUT2D eigenvalue weighted by Crippen LogP contribution is 2.25. The predicted molar refractivity (Wildman–Crippen MR) is 121 cm³/mol. The molecule has 7 heteroatoms. The SMILES string of the molecule is CNc1nccc(N2CCC(CC(=O)N3CCN(c4ccc(C)cc4)CC3)CC2)n1. The van der Waals surface area contributed by atoms with Crippen molar-refractivity contribution >= 4 is 23.4 Å². The summed E-state index contributed by atoms with van der Waals surface area (Å²) in [7, 11) is 1.83. The molecule has 1 N–H and O–H groups in total. The van der Waals surface area contributed by atoms with Crippen molar-refractivity contribution in [1.82, 2.24) is 14.9 Å². The van der Waals surface area contributed by atoms with Gasteiger partial charge in [-0.3, -0.25) is 4.79 Å². The maximum absolute atomic E-state index is 12.9. The summed E-state index contributed by atoms with van der Waals surface area (Å²) in [6, 6.07) is 10.6. The van der Waals surface area contributed by atoms with E-state index in [4.69, 9.17) is 0 Å². The predicted octanol–water partition coefficient (Wildman–Crippen LogP) is 2.78. The fourth-order valence-corrected chi connectivity index (χ4v) is 4.36. The van der Waals surface area contributed by atoms with Crippen molar-refractivity contribution in [3.8, 4) is 0 Å². The van der Waals surface area contributed by atoms with Crippen molar-refractivity contribution in [2.45, 2.75) is 26.2 Å². The number of rotatable bonds is 5. The Balaban J connectivity index is 1.23. The Kier molecular flexibility index (Phi) is 6.35. The average molecular weight is 409 g/mol. The van der Waals surface area contributed by atoms with E-state index in [9.17, 15) is 4.79 Å². The number of amides is 1. The Labute approximate surface area is 179 Å². The first-order chi connectivity index (χ1) is 14.6. The van der Waals surface area contributed by atoms with Crippen LogP contribution in [0.1, 0.15) is 24.8 Å². The lowest BCUT2D eigenvalue weighted by molar-refractivity contribution is -0.132. The molecule has 2 saturated heterocycles. The van der Waals surface area contributed by atoms with Gasteiger partial charge in [0.05, 0.1) is 0 Å². The van der Waals surface area contributed by atoms with E-state index in [2.05, 4.69) is 61.2 Å². The summed E-state index contributed by atoms with van der Waals surface area (Å²) < 4.78 is 0. The Morgan fingerprint density at radius 3 is 2.37 bits per heavy atom. The lowest BCUT2D eigenvalue weighted by atomic mass is 9.93. The molecule has 0 saturated carbocycles. The minimum atomic E-state index is 0.316. The first-order valence-corrected chi connectivity index (χ1v) is 11.0. The third kappa shape index (κ3) is 4.83. The maximum atomic E-state index is 12.9. The first-order valence-electron chi connectivity index (χ1n) is 11.0. The molecule has 1 amide bonds. The molecule has 0 aliphatic carbocycles. The number of aromatic nitrogens is 2. The second-order valence-corrected chi connectivity index (χ2v) is 8.33. The van der Waals surface area contributed by atoms with Crippen LogP contribution in [-0.4, -0.2) is 67.1 Å². The van der Waals surface area contributed by atoms with Crippen molar-refractivity contribution in [2.75, 3.05) is 61.4 Å². The van der Waals surface area contributed by atoms with Crippen LogP contribution in [0.2, 0.25) is 0 Å². The molecule has 0 unspecified atom stereocenters. The van der Waals surface area contributed by atoms with Crippen LogP contribution in [0.25, 0.3) is 0 Å². The molecule has 2 aliphatic rings. The molecule has 1 aromatic carbocycles. The summed E-state index contributed by atoms with van der Waals surface area (Å²) >= 11 is 0. The number of hydrogen-bond donors (Lipinski definition) is 1. The molecule has 0 atom stereocenters. The van der Waals surface area contributed by atoms with Gasteiger partial charge in [0.15, 0.2) is 0 Å². The highest BCUT2D eigenvalue weighted by atomic mass is 16.2. The van der Waals surface area contributed by atoms with Gasteiger partial charge in [0.1, 0.15) is 5.82 Å². The Bertz CT molecular complexity index is 839. The number of piperidine rings is 1. The molecule has 1 aromatic heterocycles. The summed E-state index contributed by atoms with van der Waals surface area (Å²) in [5.74, 6) is 2.40. The Morgan fingerprint density at radius 1 is 1.00 bits per heavy atom. The first kappa shape index (κ1) is 20.4. The average Bonchev–Trinajstić information content (AvgIpc) is 2.80. The van der Waals surface area contributed by atoms with Gasteiger partial charge in [-0.05, 0) is 43.9 Å². The molecule has 2 aromatic rings. The number of nitrogens with one attached hydrogen (secondary N) is 1. The van der Waals surface area contributed by atoms with Crippen LogP contribution in [0.3, 0.4) is 0 Å². The van der Waals surface area contributed by atoms with E-state index in [1.165, 1.54) is 11.3 Å². The highest BCUT2D eigenvalue weighted by Gasteiger charge is 2.26. The minimum Gasteiger partial charge on any atom is -0.368 e. The molecule has 0 bridgehead atoms. The van der Waals surface area contributed by atoms with Crippen molar-refractivity contribution in [1.29, 1.82) is 0 Å². The Morgan fingerprint density at radius 2 is 1.70 bits per heavy atom. The van der Waals surface area contributed by atoms with E-state index in [1.807, 2.05) is 13.1 Å². The number of benzene rings is 1. The van der Waals surface area contributed by atoms with Gasteiger partial charge >= 0.3 is 0 Å².